The highest BCUT2D eigenvalue weighted by atomic mass is 35.5. The lowest BCUT2D eigenvalue weighted by Crippen LogP contribution is -2.24. The lowest BCUT2D eigenvalue weighted by molar-refractivity contribution is 0.480. The van der Waals surface area contributed by atoms with Crippen LogP contribution in [0.5, 0.6) is 0 Å². The van der Waals surface area contributed by atoms with E-state index in [1.807, 2.05) is 0 Å². The van der Waals surface area contributed by atoms with E-state index in [0.717, 1.165) is 30.1 Å². The Morgan fingerprint density at radius 3 is 2.78 bits per heavy atom. The molecule has 0 unspecified atom stereocenters. The van der Waals surface area contributed by atoms with Crippen molar-refractivity contribution in [2.24, 2.45) is 5.92 Å². The number of thiazole rings is 1. The molecule has 0 aromatic carbocycles. The number of sulfonamides is 1. The third kappa shape index (κ3) is 3.91. The number of halogens is 1. The molecule has 102 valence electrons. The Morgan fingerprint density at radius 1 is 1.44 bits per heavy atom. The van der Waals surface area contributed by atoms with Crippen molar-refractivity contribution in [1.29, 1.82) is 0 Å². The second-order valence-corrected chi connectivity index (χ2v) is 8.23. The second kappa shape index (κ2) is 6.32. The third-order valence-corrected chi connectivity index (χ3v) is 6.31. The van der Waals surface area contributed by atoms with Gasteiger partial charge in [0.05, 0.1) is 6.20 Å². The first-order valence-electron chi connectivity index (χ1n) is 6.19. The van der Waals surface area contributed by atoms with Crippen molar-refractivity contribution in [1.82, 2.24) is 9.71 Å². The molecule has 0 amide bonds. The molecule has 1 aromatic rings. The topological polar surface area (TPSA) is 59.1 Å². The molecule has 0 saturated heterocycles. The van der Waals surface area contributed by atoms with Gasteiger partial charge in [-0.05, 0) is 18.8 Å². The van der Waals surface area contributed by atoms with Crippen LogP contribution in [0.3, 0.4) is 0 Å². The summed E-state index contributed by atoms with van der Waals surface area (Å²) in [5.41, 5.74) is 0. The maximum absolute atomic E-state index is 11.8. The summed E-state index contributed by atoms with van der Waals surface area (Å²) >= 11 is 6.61. The van der Waals surface area contributed by atoms with Gasteiger partial charge in [0.25, 0.3) is 10.0 Å². The Bertz CT molecular complexity index is 481. The first-order valence-corrected chi connectivity index (χ1v) is 8.87. The van der Waals surface area contributed by atoms with Gasteiger partial charge in [-0.1, -0.05) is 48.6 Å². The van der Waals surface area contributed by atoms with Gasteiger partial charge in [0.15, 0.2) is 8.68 Å². The average Bonchev–Trinajstić information content (AvgIpc) is 2.95. The SMILES string of the molecule is O=S(=O)(NCCCC1CCCC1)c1cnc(Cl)s1. The van der Waals surface area contributed by atoms with Crippen molar-refractivity contribution in [3.63, 3.8) is 0 Å². The van der Waals surface area contributed by atoms with Gasteiger partial charge >= 0.3 is 0 Å². The molecule has 18 heavy (non-hydrogen) atoms. The summed E-state index contributed by atoms with van der Waals surface area (Å²) in [6.45, 7) is 0.494. The van der Waals surface area contributed by atoms with E-state index in [0.29, 0.717) is 6.54 Å². The Balaban J connectivity index is 1.75. The van der Waals surface area contributed by atoms with E-state index in [2.05, 4.69) is 9.71 Å². The van der Waals surface area contributed by atoms with E-state index in [9.17, 15) is 8.42 Å². The van der Waals surface area contributed by atoms with Gasteiger partial charge in [-0.2, -0.15) is 0 Å². The van der Waals surface area contributed by atoms with Gasteiger partial charge in [0.2, 0.25) is 0 Å². The van der Waals surface area contributed by atoms with Gasteiger partial charge in [-0.3, -0.25) is 0 Å². The number of aromatic nitrogens is 1. The van der Waals surface area contributed by atoms with Crippen LogP contribution < -0.4 is 4.72 Å². The molecule has 2 rings (SSSR count). The Labute approximate surface area is 117 Å². The zero-order valence-corrected chi connectivity index (χ0v) is 12.5. The van der Waals surface area contributed by atoms with Crippen molar-refractivity contribution in [3.05, 3.63) is 10.7 Å². The number of hydrogen-bond acceptors (Lipinski definition) is 4. The predicted molar refractivity (Wildman–Crippen MR) is 73.5 cm³/mol. The summed E-state index contributed by atoms with van der Waals surface area (Å²) in [4.78, 5) is 3.74. The molecular weight excluding hydrogens is 292 g/mol. The standard InChI is InChI=1S/C11H17ClN2O2S2/c12-11-13-8-10(17-11)18(15,16)14-7-3-6-9-4-1-2-5-9/h8-9,14H,1-7H2. The monoisotopic (exact) mass is 308 g/mol. The van der Waals surface area contributed by atoms with Crippen LogP contribution in [0, 0.1) is 5.92 Å². The molecule has 1 saturated carbocycles. The molecule has 1 N–H and O–H groups in total. The largest absolute Gasteiger partial charge is 0.251 e. The van der Waals surface area contributed by atoms with Crippen molar-refractivity contribution in [2.75, 3.05) is 6.54 Å². The summed E-state index contributed by atoms with van der Waals surface area (Å²) in [6.07, 6.45) is 8.58. The maximum Gasteiger partial charge on any atom is 0.251 e. The molecule has 1 fully saturated rings. The first kappa shape index (κ1) is 14.2. The van der Waals surface area contributed by atoms with Crippen LogP contribution in [0.1, 0.15) is 38.5 Å². The quantitative estimate of drug-likeness (QED) is 0.822. The number of nitrogens with one attached hydrogen (secondary N) is 1. The minimum absolute atomic E-state index is 0.188. The van der Waals surface area contributed by atoms with Crippen LogP contribution in [0.25, 0.3) is 0 Å². The fraction of sp³-hybridized carbons (Fsp3) is 0.727. The van der Waals surface area contributed by atoms with E-state index < -0.39 is 10.0 Å². The van der Waals surface area contributed by atoms with Gasteiger partial charge in [-0.25, -0.2) is 18.1 Å². The van der Waals surface area contributed by atoms with E-state index in [-0.39, 0.29) is 8.68 Å². The van der Waals surface area contributed by atoms with Crippen molar-refractivity contribution >= 4 is 33.0 Å². The number of nitrogens with zero attached hydrogens (tertiary/aromatic N) is 1. The summed E-state index contributed by atoms with van der Waals surface area (Å²) in [6, 6.07) is 0. The van der Waals surface area contributed by atoms with E-state index >= 15 is 0 Å². The van der Waals surface area contributed by atoms with Crippen molar-refractivity contribution in [3.8, 4) is 0 Å². The summed E-state index contributed by atoms with van der Waals surface area (Å²) in [7, 11) is -3.41. The fourth-order valence-corrected chi connectivity index (χ4v) is 4.74. The molecule has 1 aromatic heterocycles. The van der Waals surface area contributed by atoms with Crippen LogP contribution in [0.4, 0.5) is 0 Å². The highest BCUT2D eigenvalue weighted by Crippen LogP contribution is 2.28. The fourth-order valence-electron chi connectivity index (χ4n) is 2.33. The number of hydrogen-bond donors (Lipinski definition) is 1. The molecule has 1 aliphatic rings. The molecule has 0 radical (unpaired) electrons. The minimum Gasteiger partial charge on any atom is -0.232 e. The second-order valence-electron chi connectivity index (χ2n) is 4.62. The molecule has 1 heterocycles. The summed E-state index contributed by atoms with van der Waals surface area (Å²) in [5.74, 6) is 0.798. The molecule has 7 heteroatoms. The molecule has 0 atom stereocenters. The molecular formula is C11H17ClN2O2S2. The van der Waals surface area contributed by atoms with Gasteiger partial charge in [-0.15, -0.1) is 0 Å². The zero-order valence-electron chi connectivity index (χ0n) is 10.1. The van der Waals surface area contributed by atoms with Gasteiger partial charge < -0.3 is 0 Å². The van der Waals surface area contributed by atoms with Crippen LogP contribution >= 0.6 is 22.9 Å². The smallest absolute Gasteiger partial charge is 0.232 e. The molecule has 0 bridgehead atoms. The lowest BCUT2D eigenvalue weighted by Gasteiger charge is -2.08. The van der Waals surface area contributed by atoms with E-state index in [1.165, 1.54) is 31.9 Å². The van der Waals surface area contributed by atoms with Crippen LogP contribution in [-0.4, -0.2) is 19.9 Å². The van der Waals surface area contributed by atoms with Gasteiger partial charge in [0, 0.05) is 6.54 Å². The lowest BCUT2D eigenvalue weighted by atomic mass is 10.0. The molecule has 4 nitrogen and oxygen atoms in total. The molecule has 0 aliphatic heterocycles. The molecule has 1 aliphatic carbocycles. The Kier molecular flexibility index (Phi) is 5.00. The van der Waals surface area contributed by atoms with Crippen molar-refractivity contribution < 1.29 is 8.42 Å². The number of rotatable bonds is 6. The highest BCUT2D eigenvalue weighted by molar-refractivity contribution is 7.91. The first-order chi connectivity index (χ1) is 8.58. The summed E-state index contributed by atoms with van der Waals surface area (Å²) in [5, 5.41) is 0. The summed E-state index contributed by atoms with van der Waals surface area (Å²) < 4.78 is 26.7. The van der Waals surface area contributed by atoms with Crippen LogP contribution in [-0.2, 0) is 10.0 Å². The Morgan fingerprint density at radius 2 is 2.17 bits per heavy atom. The zero-order chi connectivity index (χ0) is 13.0. The average molecular weight is 309 g/mol. The normalized spacial score (nSPS) is 17.4. The van der Waals surface area contributed by atoms with E-state index in [4.69, 9.17) is 11.6 Å². The van der Waals surface area contributed by atoms with Crippen LogP contribution in [0.15, 0.2) is 10.4 Å². The maximum atomic E-state index is 11.8. The highest BCUT2D eigenvalue weighted by Gasteiger charge is 2.18. The third-order valence-electron chi connectivity index (χ3n) is 3.28. The predicted octanol–water partition coefficient (Wildman–Crippen LogP) is 3.05. The van der Waals surface area contributed by atoms with Gasteiger partial charge in [0.1, 0.15) is 0 Å². The minimum atomic E-state index is -3.41. The van der Waals surface area contributed by atoms with Crippen molar-refractivity contribution in [2.45, 2.75) is 42.7 Å². The van der Waals surface area contributed by atoms with E-state index in [1.54, 1.807) is 0 Å². The molecule has 0 spiro atoms. The van der Waals surface area contributed by atoms with Crippen LogP contribution in [0.2, 0.25) is 4.47 Å². The Hall–Kier alpha value is -0.170.